The monoisotopic (exact) mass is 414 g/mol. The van der Waals surface area contributed by atoms with Crippen molar-refractivity contribution in [2.24, 2.45) is 0 Å². The molecule has 0 aliphatic heterocycles. The largest absolute Gasteiger partial charge is 0.436 e. The van der Waals surface area contributed by atoms with Crippen molar-refractivity contribution in [3.63, 3.8) is 0 Å². The van der Waals surface area contributed by atoms with Gasteiger partial charge in [-0.05, 0) is 90.0 Å². The number of oxazole rings is 1. The SMILES string of the molecule is Cc1cc(-c2nc3cc(-n4cccc4)cc(C)c3o2)ccc1I. The first-order chi connectivity index (χ1) is 11.1. The van der Waals surface area contributed by atoms with Gasteiger partial charge in [0, 0.05) is 27.2 Å². The average Bonchev–Trinajstić information content (AvgIpc) is 3.18. The number of halogens is 1. The van der Waals surface area contributed by atoms with Crippen LogP contribution in [0.4, 0.5) is 0 Å². The summed E-state index contributed by atoms with van der Waals surface area (Å²) in [6.07, 6.45) is 4.06. The molecule has 114 valence electrons. The molecule has 0 N–H and O–H groups in total. The number of aromatic nitrogens is 2. The minimum Gasteiger partial charge on any atom is -0.436 e. The van der Waals surface area contributed by atoms with Crippen molar-refractivity contribution >= 4 is 33.7 Å². The van der Waals surface area contributed by atoms with Crippen molar-refractivity contribution in [3.05, 3.63) is 69.6 Å². The van der Waals surface area contributed by atoms with Crippen molar-refractivity contribution < 1.29 is 4.42 Å². The minimum atomic E-state index is 0.673. The van der Waals surface area contributed by atoms with Crippen LogP contribution in [0.3, 0.4) is 0 Å². The Labute approximate surface area is 148 Å². The van der Waals surface area contributed by atoms with Gasteiger partial charge in [0.15, 0.2) is 5.58 Å². The maximum absolute atomic E-state index is 6.03. The number of hydrogen-bond acceptors (Lipinski definition) is 2. The zero-order valence-electron chi connectivity index (χ0n) is 12.9. The molecule has 0 fully saturated rings. The number of aryl methyl sites for hydroxylation is 2. The van der Waals surface area contributed by atoms with E-state index in [-0.39, 0.29) is 0 Å². The lowest BCUT2D eigenvalue weighted by Crippen LogP contribution is -1.90. The normalized spacial score (nSPS) is 11.3. The molecule has 0 spiro atoms. The van der Waals surface area contributed by atoms with Gasteiger partial charge in [-0.2, -0.15) is 0 Å². The van der Waals surface area contributed by atoms with Gasteiger partial charge in [0.25, 0.3) is 0 Å². The number of fused-ring (bicyclic) bond motifs is 1. The van der Waals surface area contributed by atoms with E-state index in [1.165, 1.54) is 9.13 Å². The van der Waals surface area contributed by atoms with E-state index in [0.29, 0.717) is 5.89 Å². The zero-order chi connectivity index (χ0) is 16.0. The molecular weight excluding hydrogens is 399 g/mol. The molecule has 4 rings (SSSR count). The summed E-state index contributed by atoms with van der Waals surface area (Å²) in [6, 6.07) is 14.5. The molecule has 0 aliphatic rings. The van der Waals surface area contributed by atoms with Crippen LogP contribution in [0.2, 0.25) is 0 Å². The van der Waals surface area contributed by atoms with Crippen molar-refractivity contribution in [1.82, 2.24) is 9.55 Å². The average molecular weight is 414 g/mol. The third-order valence-electron chi connectivity index (χ3n) is 3.97. The summed E-state index contributed by atoms with van der Waals surface area (Å²) >= 11 is 2.34. The quantitative estimate of drug-likeness (QED) is 0.405. The lowest BCUT2D eigenvalue weighted by molar-refractivity contribution is 0.617. The highest BCUT2D eigenvalue weighted by Gasteiger charge is 2.12. The molecule has 0 atom stereocenters. The third kappa shape index (κ3) is 2.57. The van der Waals surface area contributed by atoms with Crippen molar-refractivity contribution in [3.8, 4) is 17.1 Å². The fraction of sp³-hybridized carbons (Fsp3) is 0.105. The molecule has 0 saturated heterocycles. The Morgan fingerprint density at radius 1 is 1.00 bits per heavy atom. The molecule has 2 heterocycles. The van der Waals surface area contributed by atoms with Crippen LogP contribution >= 0.6 is 22.6 Å². The van der Waals surface area contributed by atoms with Crippen LogP contribution < -0.4 is 0 Å². The maximum Gasteiger partial charge on any atom is 0.227 e. The molecule has 0 aliphatic carbocycles. The number of benzene rings is 2. The van der Waals surface area contributed by atoms with Crippen LogP contribution in [0.1, 0.15) is 11.1 Å². The molecule has 0 radical (unpaired) electrons. The number of nitrogens with zero attached hydrogens (tertiary/aromatic N) is 2. The molecule has 4 aromatic rings. The molecule has 2 aromatic carbocycles. The fourth-order valence-corrected chi connectivity index (χ4v) is 3.07. The van der Waals surface area contributed by atoms with Crippen LogP contribution in [-0.4, -0.2) is 9.55 Å². The molecule has 0 unspecified atom stereocenters. The lowest BCUT2D eigenvalue weighted by atomic mass is 10.1. The summed E-state index contributed by atoms with van der Waals surface area (Å²) in [5.41, 5.74) is 6.17. The highest BCUT2D eigenvalue weighted by Crippen LogP contribution is 2.29. The second-order valence-electron chi connectivity index (χ2n) is 5.68. The highest BCUT2D eigenvalue weighted by molar-refractivity contribution is 14.1. The van der Waals surface area contributed by atoms with Gasteiger partial charge >= 0.3 is 0 Å². The van der Waals surface area contributed by atoms with Crippen LogP contribution in [-0.2, 0) is 0 Å². The molecule has 0 saturated carbocycles. The molecule has 4 heteroatoms. The molecule has 2 aromatic heterocycles. The Morgan fingerprint density at radius 3 is 2.52 bits per heavy atom. The summed E-state index contributed by atoms with van der Waals surface area (Å²) in [7, 11) is 0. The van der Waals surface area contributed by atoms with Crippen LogP contribution in [0.15, 0.2) is 59.3 Å². The standard InChI is InChI=1S/C19H15IN2O/c1-12-9-14(5-6-16(12)20)19-21-17-11-15(22-7-3-4-8-22)10-13(2)18(17)23-19/h3-11H,1-2H3. The Bertz CT molecular complexity index is 1000. The van der Waals surface area contributed by atoms with Crippen LogP contribution in [0, 0.1) is 17.4 Å². The van der Waals surface area contributed by atoms with E-state index >= 15 is 0 Å². The highest BCUT2D eigenvalue weighted by atomic mass is 127. The van der Waals surface area contributed by atoms with Gasteiger partial charge in [0.2, 0.25) is 5.89 Å². The Morgan fingerprint density at radius 2 is 1.78 bits per heavy atom. The van der Waals surface area contributed by atoms with Gasteiger partial charge in [-0.25, -0.2) is 4.98 Å². The Hall–Kier alpha value is -2.08. The fourth-order valence-electron chi connectivity index (χ4n) is 2.74. The summed E-state index contributed by atoms with van der Waals surface area (Å²) < 4.78 is 9.35. The van der Waals surface area contributed by atoms with E-state index in [2.05, 4.69) is 71.3 Å². The van der Waals surface area contributed by atoms with E-state index in [9.17, 15) is 0 Å². The van der Waals surface area contributed by atoms with Crippen molar-refractivity contribution in [1.29, 1.82) is 0 Å². The van der Waals surface area contributed by atoms with Crippen LogP contribution in [0.5, 0.6) is 0 Å². The van der Waals surface area contributed by atoms with Crippen molar-refractivity contribution in [2.45, 2.75) is 13.8 Å². The number of rotatable bonds is 2. The third-order valence-corrected chi connectivity index (χ3v) is 5.18. The van der Waals surface area contributed by atoms with E-state index in [0.717, 1.165) is 27.9 Å². The van der Waals surface area contributed by atoms with Crippen LogP contribution in [0.25, 0.3) is 28.2 Å². The smallest absolute Gasteiger partial charge is 0.227 e. The predicted octanol–water partition coefficient (Wildman–Crippen LogP) is 5.51. The first kappa shape index (κ1) is 14.5. The summed E-state index contributed by atoms with van der Waals surface area (Å²) in [5.74, 6) is 0.673. The van der Waals surface area contributed by atoms with E-state index in [4.69, 9.17) is 9.40 Å². The van der Waals surface area contributed by atoms with Crippen molar-refractivity contribution in [2.75, 3.05) is 0 Å². The Kier molecular flexibility index (Phi) is 3.49. The van der Waals surface area contributed by atoms with E-state index in [1.54, 1.807) is 0 Å². The maximum atomic E-state index is 6.03. The molecule has 23 heavy (non-hydrogen) atoms. The first-order valence-corrected chi connectivity index (χ1v) is 8.51. The number of hydrogen-bond donors (Lipinski definition) is 0. The molecular formula is C19H15IN2O. The van der Waals surface area contributed by atoms with E-state index < -0.39 is 0 Å². The molecule has 0 amide bonds. The molecule has 3 nitrogen and oxygen atoms in total. The second kappa shape index (κ2) is 5.53. The predicted molar refractivity (Wildman–Crippen MR) is 101 cm³/mol. The van der Waals surface area contributed by atoms with Gasteiger partial charge in [0.1, 0.15) is 5.52 Å². The second-order valence-corrected chi connectivity index (χ2v) is 6.85. The topological polar surface area (TPSA) is 31.0 Å². The summed E-state index contributed by atoms with van der Waals surface area (Å²) in [4.78, 5) is 4.70. The van der Waals surface area contributed by atoms with E-state index in [1.807, 2.05) is 24.5 Å². The molecule has 0 bridgehead atoms. The lowest BCUT2D eigenvalue weighted by Gasteiger charge is -2.03. The summed E-state index contributed by atoms with van der Waals surface area (Å²) in [5, 5.41) is 0. The van der Waals surface area contributed by atoms with Gasteiger partial charge in [-0.3, -0.25) is 0 Å². The van der Waals surface area contributed by atoms with Gasteiger partial charge < -0.3 is 8.98 Å². The zero-order valence-corrected chi connectivity index (χ0v) is 15.0. The minimum absolute atomic E-state index is 0.673. The van der Waals surface area contributed by atoms with Gasteiger partial charge in [-0.15, -0.1) is 0 Å². The van der Waals surface area contributed by atoms with Gasteiger partial charge in [0.05, 0.1) is 0 Å². The first-order valence-electron chi connectivity index (χ1n) is 7.43. The summed E-state index contributed by atoms with van der Waals surface area (Å²) in [6.45, 7) is 4.16. The van der Waals surface area contributed by atoms with Gasteiger partial charge in [-0.1, -0.05) is 0 Å². The Balaban J connectivity index is 1.87.